The van der Waals surface area contributed by atoms with Crippen LogP contribution in [0.5, 0.6) is 0 Å². The first-order valence-corrected chi connectivity index (χ1v) is 7.16. The van der Waals surface area contributed by atoms with Gasteiger partial charge < -0.3 is 0 Å². The van der Waals surface area contributed by atoms with Gasteiger partial charge in [-0.3, -0.25) is 0 Å². The molecular weight excluding hydrogens is 204 g/mol. The fraction of sp³-hybridized carbons (Fsp3) is 0.588. The zero-order valence-electron chi connectivity index (χ0n) is 11.5. The molecule has 0 aliphatic carbocycles. The molecule has 0 fully saturated rings. The maximum atomic E-state index is 3.85. The van der Waals surface area contributed by atoms with Crippen LogP contribution in [0.4, 0.5) is 0 Å². The fourth-order valence-corrected chi connectivity index (χ4v) is 1.62. The van der Waals surface area contributed by atoms with E-state index in [0.717, 1.165) is 25.7 Å². The lowest BCUT2D eigenvalue weighted by Gasteiger charge is -1.95. The van der Waals surface area contributed by atoms with E-state index in [1.807, 2.05) is 0 Å². The van der Waals surface area contributed by atoms with Crippen molar-refractivity contribution in [3.05, 3.63) is 43.4 Å². The lowest BCUT2D eigenvalue weighted by atomic mass is 10.1. The lowest BCUT2D eigenvalue weighted by molar-refractivity contribution is 0.651. The Morgan fingerprint density at radius 3 is 1.94 bits per heavy atom. The molecule has 97 valence electrons. The van der Waals surface area contributed by atoms with E-state index < -0.39 is 0 Å². The smallest absolute Gasteiger partial charge is 0.0169 e. The van der Waals surface area contributed by atoms with Crippen LogP contribution in [0.25, 0.3) is 0 Å². The van der Waals surface area contributed by atoms with Gasteiger partial charge in [-0.05, 0) is 32.1 Å². The van der Waals surface area contributed by atoms with Gasteiger partial charge in [-0.2, -0.15) is 0 Å². The maximum absolute atomic E-state index is 3.85. The second kappa shape index (κ2) is 15.2. The summed E-state index contributed by atoms with van der Waals surface area (Å²) in [6.45, 7) is 6.02. The van der Waals surface area contributed by atoms with Crippen LogP contribution in [0.2, 0.25) is 0 Å². The summed E-state index contributed by atoms with van der Waals surface area (Å²) < 4.78 is 0. The molecule has 17 heavy (non-hydrogen) atoms. The molecule has 0 amide bonds. The highest BCUT2D eigenvalue weighted by molar-refractivity contribution is 4.96. The first kappa shape index (κ1) is 16.2. The molecule has 0 bridgehead atoms. The molecule has 0 N–H and O–H groups in total. The molecule has 1 radical (unpaired) electrons. The zero-order chi connectivity index (χ0) is 12.6. The highest BCUT2D eigenvalue weighted by atomic mass is 13.9. The SMILES string of the molecule is [CH2]CCCCCC/C=C\C/C=C\C/C=C\CC. The Balaban J connectivity index is 3.21. The molecule has 0 unspecified atom stereocenters. The number of unbranched alkanes of at least 4 members (excludes halogenated alkanes) is 5. The summed E-state index contributed by atoms with van der Waals surface area (Å²) in [5.74, 6) is 0. The Kier molecular flexibility index (Phi) is 14.5. The van der Waals surface area contributed by atoms with Crippen molar-refractivity contribution in [3.63, 3.8) is 0 Å². The molecule has 0 saturated heterocycles. The van der Waals surface area contributed by atoms with Gasteiger partial charge in [0.1, 0.15) is 0 Å². The topological polar surface area (TPSA) is 0 Å². The van der Waals surface area contributed by atoms with E-state index in [1.54, 1.807) is 0 Å². The second-order valence-electron chi connectivity index (χ2n) is 4.35. The molecule has 0 aliphatic heterocycles. The van der Waals surface area contributed by atoms with Crippen LogP contribution in [0.15, 0.2) is 36.5 Å². The minimum absolute atomic E-state index is 1.08. The Morgan fingerprint density at radius 1 is 0.706 bits per heavy atom. The van der Waals surface area contributed by atoms with Crippen molar-refractivity contribution in [1.82, 2.24) is 0 Å². The molecule has 0 spiro atoms. The van der Waals surface area contributed by atoms with Gasteiger partial charge in [-0.1, -0.05) is 76.0 Å². The third kappa shape index (κ3) is 15.2. The van der Waals surface area contributed by atoms with Crippen molar-refractivity contribution in [2.24, 2.45) is 0 Å². The third-order valence-electron chi connectivity index (χ3n) is 2.65. The van der Waals surface area contributed by atoms with Crippen molar-refractivity contribution in [1.29, 1.82) is 0 Å². The van der Waals surface area contributed by atoms with E-state index in [0.29, 0.717) is 0 Å². The van der Waals surface area contributed by atoms with Gasteiger partial charge in [0.05, 0.1) is 0 Å². The van der Waals surface area contributed by atoms with Gasteiger partial charge in [0.2, 0.25) is 0 Å². The van der Waals surface area contributed by atoms with Crippen LogP contribution >= 0.6 is 0 Å². The summed E-state index contributed by atoms with van der Waals surface area (Å²) in [6.07, 6.45) is 24.5. The molecule has 0 saturated carbocycles. The number of rotatable bonds is 11. The molecule has 0 heterocycles. The molecular formula is C17H29. The highest BCUT2D eigenvalue weighted by Gasteiger charge is 1.85. The van der Waals surface area contributed by atoms with Gasteiger partial charge in [0.15, 0.2) is 0 Å². The first-order valence-electron chi connectivity index (χ1n) is 7.16. The van der Waals surface area contributed by atoms with E-state index in [2.05, 4.69) is 50.3 Å². The average molecular weight is 233 g/mol. The Bertz CT molecular complexity index is 208. The van der Waals surface area contributed by atoms with Gasteiger partial charge in [0, 0.05) is 0 Å². The predicted octanol–water partition coefficient (Wildman–Crippen LogP) is 6.02. The molecule has 0 aliphatic rings. The van der Waals surface area contributed by atoms with Crippen molar-refractivity contribution in [2.75, 3.05) is 0 Å². The summed E-state index contributed by atoms with van der Waals surface area (Å²) >= 11 is 0. The zero-order valence-corrected chi connectivity index (χ0v) is 11.5. The van der Waals surface area contributed by atoms with Crippen molar-refractivity contribution < 1.29 is 0 Å². The molecule has 0 rings (SSSR count). The van der Waals surface area contributed by atoms with E-state index in [1.165, 1.54) is 32.1 Å². The monoisotopic (exact) mass is 233 g/mol. The van der Waals surface area contributed by atoms with Crippen LogP contribution in [0.1, 0.15) is 64.7 Å². The molecule has 0 atom stereocenters. The van der Waals surface area contributed by atoms with Gasteiger partial charge in [-0.25, -0.2) is 0 Å². The van der Waals surface area contributed by atoms with Gasteiger partial charge in [-0.15, -0.1) is 0 Å². The third-order valence-corrected chi connectivity index (χ3v) is 2.65. The van der Waals surface area contributed by atoms with Crippen LogP contribution in [-0.2, 0) is 0 Å². The minimum Gasteiger partial charge on any atom is -0.0885 e. The molecule has 0 nitrogen and oxygen atoms in total. The summed E-state index contributed by atoms with van der Waals surface area (Å²) in [5.41, 5.74) is 0. The Labute approximate surface area is 109 Å². The average Bonchev–Trinajstić information content (AvgIpc) is 2.35. The molecule has 0 aromatic carbocycles. The number of allylic oxidation sites excluding steroid dienone is 6. The first-order chi connectivity index (χ1) is 8.41. The largest absolute Gasteiger partial charge is 0.0885 e. The summed E-state index contributed by atoms with van der Waals surface area (Å²) in [4.78, 5) is 0. The van der Waals surface area contributed by atoms with E-state index in [4.69, 9.17) is 0 Å². The highest BCUT2D eigenvalue weighted by Crippen LogP contribution is 2.05. The second-order valence-corrected chi connectivity index (χ2v) is 4.35. The normalized spacial score (nSPS) is 12.4. The Hall–Kier alpha value is -0.780. The van der Waals surface area contributed by atoms with Crippen molar-refractivity contribution in [2.45, 2.75) is 64.7 Å². The lowest BCUT2D eigenvalue weighted by Crippen LogP contribution is -1.75. The van der Waals surface area contributed by atoms with Crippen LogP contribution in [0, 0.1) is 6.92 Å². The quantitative estimate of drug-likeness (QED) is 0.302. The van der Waals surface area contributed by atoms with Gasteiger partial charge >= 0.3 is 0 Å². The Morgan fingerprint density at radius 2 is 1.29 bits per heavy atom. The summed E-state index contributed by atoms with van der Waals surface area (Å²) in [5, 5.41) is 0. The summed E-state index contributed by atoms with van der Waals surface area (Å²) in [7, 11) is 0. The van der Waals surface area contributed by atoms with Crippen molar-refractivity contribution in [3.8, 4) is 0 Å². The number of hydrogen-bond acceptors (Lipinski definition) is 0. The van der Waals surface area contributed by atoms with Gasteiger partial charge in [0.25, 0.3) is 0 Å². The fourth-order valence-electron chi connectivity index (χ4n) is 1.62. The predicted molar refractivity (Wildman–Crippen MR) is 80.0 cm³/mol. The van der Waals surface area contributed by atoms with Crippen LogP contribution < -0.4 is 0 Å². The van der Waals surface area contributed by atoms with E-state index in [9.17, 15) is 0 Å². The van der Waals surface area contributed by atoms with E-state index >= 15 is 0 Å². The standard InChI is InChI=1S/C17H29/c1-3-5-7-9-11-13-15-17-16-14-12-10-8-6-4-2/h6,8,12,14-15,17H,1,3-5,7,9-11,13,16H2,2H3/b8-6-,14-12-,17-15-. The minimum atomic E-state index is 1.08. The van der Waals surface area contributed by atoms with Crippen LogP contribution in [-0.4, -0.2) is 0 Å². The van der Waals surface area contributed by atoms with Crippen molar-refractivity contribution >= 4 is 0 Å². The summed E-state index contributed by atoms with van der Waals surface area (Å²) in [6, 6.07) is 0. The molecule has 0 aromatic heterocycles. The maximum Gasteiger partial charge on any atom is -0.0169 e. The molecule has 0 heteroatoms. The number of hydrogen-bond donors (Lipinski definition) is 0. The van der Waals surface area contributed by atoms with Crippen LogP contribution in [0.3, 0.4) is 0 Å². The molecule has 0 aromatic rings. The van der Waals surface area contributed by atoms with E-state index in [-0.39, 0.29) is 0 Å².